The van der Waals surface area contributed by atoms with Gasteiger partial charge in [-0.05, 0) is 42.0 Å². The summed E-state index contributed by atoms with van der Waals surface area (Å²) in [6.07, 6.45) is 1.52. The molecule has 0 aliphatic carbocycles. The molecule has 0 unspecified atom stereocenters. The maximum atomic E-state index is 13.1. The van der Waals surface area contributed by atoms with E-state index in [1.54, 1.807) is 60.7 Å². The highest BCUT2D eigenvalue weighted by atomic mass is 35.5. The molecule has 0 aliphatic rings. The van der Waals surface area contributed by atoms with E-state index < -0.39 is 11.2 Å². The lowest BCUT2D eigenvalue weighted by Crippen LogP contribution is -2.42. The SMILES string of the molecule is O=C(Cn1c(=O)n(Cc2ccc(Cl)cc2)c(=O)c2ccccc21)NCc1ccco1. The second-order valence-electron chi connectivity index (χ2n) is 6.76. The Kier molecular flexibility index (Phi) is 5.54. The third-order valence-electron chi connectivity index (χ3n) is 4.73. The molecule has 30 heavy (non-hydrogen) atoms. The summed E-state index contributed by atoms with van der Waals surface area (Å²) in [7, 11) is 0. The number of rotatable bonds is 6. The normalized spacial score (nSPS) is 11.0. The summed E-state index contributed by atoms with van der Waals surface area (Å²) in [5.41, 5.74) is 0.204. The first-order valence-corrected chi connectivity index (χ1v) is 9.66. The molecule has 1 amide bonds. The lowest BCUT2D eigenvalue weighted by atomic mass is 10.2. The van der Waals surface area contributed by atoms with Gasteiger partial charge in [0, 0.05) is 5.02 Å². The molecule has 0 aliphatic heterocycles. The Hall–Kier alpha value is -3.58. The minimum Gasteiger partial charge on any atom is -0.467 e. The van der Waals surface area contributed by atoms with Gasteiger partial charge in [0.25, 0.3) is 5.56 Å². The monoisotopic (exact) mass is 423 g/mol. The summed E-state index contributed by atoms with van der Waals surface area (Å²) < 4.78 is 7.64. The Balaban J connectivity index is 1.70. The zero-order valence-corrected chi connectivity index (χ0v) is 16.6. The highest BCUT2D eigenvalue weighted by molar-refractivity contribution is 6.30. The van der Waals surface area contributed by atoms with E-state index in [1.807, 2.05) is 0 Å². The molecule has 7 nitrogen and oxygen atoms in total. The summed E-state index contributed by atoms with van der Waals surface area (Å²) in [6, 6.07) is 17.1. The number of benzene rings is 2. The van der Waals surface area contributed by atoms with Crippen LogP contribution < -0.4 is 16.6 Å². The van der Waals surface area contributed by atoms with Gasteiger partial charge in [-0.2, -0.15) is 0 Å². The fraction of sp³-hybridized carbons (Fsp3) is 0.136. The van der Waals surface area contributed by atoms with Crippen molar-refractivity contribution >= 4 is 28.4 Å². The molecule has 0 atom stereocenters. The standard InChI is InChI=1S/C22H18ClN3O4/c23-16-9-7-15(8-10-16)13-26-21(28)18-5-1-2-6-19(18)25(22(26)29)14-20(27)24-12-17-4-3-11-30-17/h1-11H,12-14H2,(H,24,27). The Morgan fingerprint density at radius 1 is 0.967 bits per heavy atom. The number of halogens is 1. The van der Waals surface area contributed by atoms with E-state index in [1.165, 1.54) is 10.8 Å². The molecule has 152 valence electrons. The van der Waals surface area contributed by atoms with Crippen molar-refractivity contribution in [1.29, 1.82) is 0 Å². The largest absolute Gasteiger partial charge is 0.467 e. The average Bonchev–Trinajstić information content (AvgIpc) is 3.28. The van der Waals surface area contributed by atoms with Gasteiger partial charge in [-0.25, -0.2) is 4.79 Å². The summed E-state index contributed by atoms with van der Waals surface area (Å²) >= 11 is 5.92. The van der Waals surface area contributed by atoms with Gasteiger partial charge in [0.15, 0.2) is 0 Å². The molecule has 1 N–H and O–H groups in total. The van der Waals surface area contributed by atoms with Crippen LogP contribution in [0.3, 0.4) is 0 Å². The number of hydrogen-bond acceptors (Lipinski definition) is 4. The number of carbonyl (C=O) groups is 1. The Bertz CT molecular complexity index is 1310. The number of hydrogen-bond donors (Lipinski definition) is 1. The zero-order valence-electron chi connectivity index (χ0n) is 15.9. The van der Waals surface area contributed by atoms with Crippen LogP contribution in [0.15, 0.2) is 80.9 Å². The molecule has 2 heterocycles. The van der Waals surface area contributed by atoms with Gasteiger partial charge < -0.3 is 9.73 Å². The number of nitrogens with zero attached hydrogens (tertiary/aromatic N) is 2. The molecule has 4 aromatic rings. The van der Waals surface area contributed by atoms with Crippen molar-refractivity contribution in [2.75, 3.05) is 0 Å². The third kappa shape index (κ3) is 4.06. The molecule has 0 bridgehead atoms. The smallest absolute Gasteiger partial charge is 0.332 e. The van der Waals surface area contributed by atoms with Gasteiger partial charge in [-0.3, -0.25) is 18.7 Å². The van der Waals surface area contributed by atoms with Crippen LogP contribution in [-0.4, -0.2) is 15.0 Å². The van der Waals surface area contributed by atoms with Crippen LogP contribution in [0.4, 0.5) is 0 Å². The molecule has 0 saturated carbocycles. The second-order valence-corrected chi connectivity index (χ2v) is 7.20. The van der Waals surface area contributed by atoms with E-state index >= 15 is 0 Å². The lowest BCUT2D eigenvalue weighted by Gasteiger charge is -2.14. The van der Waals surface area contributed by atoms with E-state index in [0.717, 1.165) is 10.1 Å². The minimum absolute atomic E-state index is 0.0771. The summed E-state index contributed by atoms with van der Waals surface area (Å²) in [6.45, 7) is 0.0670. The first kappa shape index (κ1) is 19.7. The van der Waals surface area contributed by atoms with Gasteiger partial charge in [-0.15, -0.1) is 0 Å². The Labute approximate surface area is 176 Å². The first-order chi connectivity index (χ1) is 14.5. The van der Waals surface area contributed by atoms with Crippen molar-refractivity contribution in [1.82, 2.24) is 14.5 Å². The highest BCUT2D eigenvalue weighted by Crippen LogP contribution is 2.11. The van der Waals surface area contributed by atoms with Crippen molar-refractivity contribution in [3.8, 4) is 0 Å². The molecule has 0 radical (unpaired) electrons. The predicted octanol–water partition coefficient (Wildman–Crippen LogP) is 2.77. The Morgan fingerprint density at radius 2 is 1.73 bits per heavy atom. The molecule has 0 spiro atoms. The fourth-order valence-electron chi connectivity index (χ4n) is 3.23. The number of furan rings is 1. The number of nitrogens with one attached hydrogen (secondary N) is 1. The molecule has 2 aromatic carbocycles. The molecule has 8 heteroatoms. The maximum Gasteiger partial charge on any atom is 0.332 e. The molecular weight excluding hydrogens is 406 g/mol. The zero-order chi connectivity index (χ0) is 21.1. The summed E-state index contributed by atoms with van der Waals surface area (Å²) in [5.74, 6) is 0.239. The van der Waals surface area contributed by atoms with E-state index in [-0.39, 0.29) is 25.5 Å². The van der Waals surface area contributed by atoms with E-state index in [9.17, 15) is 14.4 Å². The summed E-state index contributed by atoms with van der Waals surface area (Å²) in [5, 5.41) is 3.65. The topological polar surface area (TPSA) is 86.2 Å². The average molecular weight is 424 g/mol. The van der Waals surface area contributed by atoms with E-state index in [0.29, 0.717) is 21.7 Å². The quantitative estimate of drug-likeness (QED) is 0.516. The van der Waals surface area contributed by atoms with Gasteiger partial charge in [0.2, 0.25) is 5.91 Å². The van der Waals surface area contributed by atoms with Crippen LogP contribution in [0.1, 0.15) is 11.3 Å². The number of amides is 1. The van der Waals surface area contributed by atoms with E-state index in [4.69, 9.17) is 16.0 Å². The molecule has 4 rings (SSSR count). The van der Waals surface area contributed by atoms with Crippen molar-refractivity contribution in [2.24, 2.45) is 0 Å². The number of para-hydroxylation sites is 1. The van der Waals surface area contributed by atoms with Gasteiger partial charge in [0.05, 0.1) is 30.3 Å². The van der Waals surface area contributed by atoms with Gasteiger partial charge >= 0.3 is 5.69 Å². The molecular formula is C22H18ClN3O4. The second kappa shape index (κ2) is 8.42. The van der Waals surface area contributed by atoms with Crippen LogP contribution >= 0.6 is 11.6 Å². The third-order valence-corrected chi connectivity index (χ3v) is 4.98. The number of carbonyl (C=O) groups excluding carboxylic acids is 1. The van der Waals surface area contributed by atoms with Crippen molar-refractivity contribution in [3.05, 3.63) is 104 Å². The van der Waals surface area contributed by atoms with Crippen LogP contribution in [0, 0.1) is 0 Å². The van der Waals surface area contributed by atoms with Gasteiger partial charge in [0.1, 0.15) is 12.3 Å². The predicted molar refractivity (Wildman–Crippen MR) is 114 cm³/mol. The van der Waals surface area contributed by atoms with Crippen LogP contribution in [0.5, 0.6) is 0 Å². The molecule has 0 saturated heterocycles. The van der Waals surface area contributed by atoms with E-state index in [2.05, 4.69) is 5.32 Å². The highest BCUT2D eigenvalue weighted by Gasteiger charge is 2.15. The maximum absolute atomic E-state index is 13.1. The Morgan fingerprint density at radius 3 is 2.47 bits per heavy atom. The van der Waals surface area contributed by atoms with Gasteiger partial charge in [-0.1, -0.05) is 35.9 Å². The van der Waals surface area contributed by atoms with Crippen molar-refractivity contribution < 1.29 is 9.21 Å². The molecule has 2 aromatic heterocycles. The minimum atomic E-state index is -0.554. The van der Waals surface area contributed by atoms with Crippen LogP contribution in [-0.2, 0) is 24.4 Å². The van der Waals surface area contributed by atoms with Crippen LogP contribution in [0.2, 0.25) is 5.02 Å². The summed E-state index contributed by atoms with van der Waals surface area (Å²) in [4.78, 5) is 38.6. The lowest BCUT2D eigenvalue weighted by molar-refractivity contribution is -0.121. The fourth-order valence-corrected chi connectivity index (χ4v) is 3.36. The first-order valence-electron chi connectivity index (χ1n) is 9.29. The van der Waals surface area contributed by atoms with Crippen LogP contribution in [0.25, 0.3) is 10.9 Å². The molecule has 0 fully saturated rings. The van der Waals surface area contributed by atoms with Crippen molar-refractivity contribution in [2.45, 2.75) is 19.6 Å². The number of fused-ring (bicyclic) bond motifs is 1. The van der Waals surface area contributed by atoms with Crippen molar-refractivity contribution in [3.63, 3.8) is 0 Å². The number of aromatic nitrogens is 2.